The SMILES string of the molecule is O=C(NCc1cccnc1-n1cccn1)C1=CN2CCS(=O)(=O)N=C2C=C1. The average molecular weight is 384 g/mol. The molecule has 4 heterocycles. The number of carbonyl (C=O) groups excluding carboxylic acids is 1. The van der Waals surface area contributed by atoms with Crippen LogP contribution in [0.1, 0.15) is 5.56 Å². The minimum absolute atomic E-state index is 0.0708. The van der Waals surface area contributed by atoms with Gasteiger partial charge in [0.15, 0.2) is 5.82 Å². The molecule has 0 unspecified atom stereocenters. The molecule has 0 saturated heterocycles. The quantitative estimate of drug-likeness (QED) is 0.816. The van der Waals surface area contributed by atoms with Crippen LogP contribution in [0.3, 0.4) is 0 Å². The first-order valence-corrected chi connectivity index (χ1v) is 9.84. The van der Waals surface area contributed by atoms with Gasteiger partial charge in [-0.25, -0.2) is 18.1 Å². The van der Waals surface area contributed by atoms with E-state index < -0.39 is 10.0 Å². The van der Waals surface area contributed by atoms with Crippen molar-refractivity contribution in [1.82, 2.24) is 25.0 Å². The highest BCUT2D eigenvalue weighted by molar-refractivity contribution is 7.90. The van der Waals surface area contributed by atoms with Gasteiger partial charge in [0.1, 0.15) is 5.84 Å². The molecule has 27 heavy (non-hydrogen) atoms. The largest absolute Gasteiger partial charge is 0.348 e. The first-order chi connectivity index (χ1) is 13.0. The molecule has 0 aromatic carbocycles. The number of rotatable bonds is 4. The number of nitrogens with one attached hydrogen (secondary N) is 1. The lowest BCUT2D eigenvalue weighted by Gasteiger charge is -2.27. The van der Waals surface area contributed by atoms with E-state index in [1.165, 1.54) is 6.08 Å². The van der Waals surface area contributed by atoms with Gasteiger partial charge in [-0.3, -0.25) is 4.79 Å². The molecule has 4 rings (SSSR count). The van der Waals surface area contributed by atoms with Crippen LogP contribution in [0.25, 0.3) is 5.82 Å². The van der Waals surface area contributed by atoms with Gasteiger partial charge in [0.2, 0.25) is 0 Å². The van der Waals surface area contributed by atoms with Crippen LogP contribution in [0.15, 0.2) is 65.1 Å². The van der Waals surface area contributed by atoms with E-state index in [4.69, 9.17) is 0 Å². The third-order valence-corrected chi connectivity index (χ3v) is 5.28. The molecule has 2 aliphatic heterocycles. The van der Waals surface area contributed by atoms with Crippen molar-refractivity contribution in [3.05, 3.63) is 66.3 Å². The van der Waals surface area contributed by atoms with Crippen molar-refractivity contribution >= 4 is 21.8 Å². The number of hydrogen-bond donors (Lipinski definition) is 1. The predicted molar refractivity (Wildman–Crippen MR) is 98.4 cm³/mol. The Kier molecular flexibility index (Phi) is 4.32. The van der Waals surface area contributed by atoms with E-state index in [1.807, 2.05) is 6.07 Å². The lowest BCUT2D eigenvalue weighted by atomic mass is 10.1. The molecule has 2 aromatic rings. The van der Waals surface area contributed by atoms with Gasteiger partial charge in [0.25, 0.3) is 15.9 Å². The Hall–Kier alpha value is -3.27. The van der Waals surface area contributed by atoms with Crippen molar-refractivity contribution in [2.75, 3.05) is 12.3 Å². The van der Waals surface area contributed by atoms with E-state index in [-0.39, 0.29) is 24.7 Å². The number of hydrogen-bond acceptors (Lipinski definition) is 6. The Labute approximate surface area is 155 Å². The molecule has 0 fully saturated rings. The van der Waals surface area contributed by atoms with Gasteiger partial charge in [0, 0.05) is 43.4 Å². The maximum Gasteiger partial charge on any atom is 0.256 e. The van der Waals surface area contributed by atoms with E-state index >= 15 is 0 Å². The summed E-state index contributed by atoms with van der Waals surface area (Å²) in [4.78, 5) is 18.5. The molecule has 0 radical (unpaired) electrons. The monoisotopic (exact) mass is 384 g/mol. The highest BCUT2D eigenvalue weighted by Gasteiger charge is 2.25. The van der Waals surface area contributed by atoms with Crippen LogP contribution in [0.5, 0.6) is 0 Å². The average Bonchev–Trinajstić information content (AvgIpc) is 3.20. The van der Waals surface area contributed by atoms with Gasteiger partial charge in [-0.15, -0.1) is 4.40 Å². The lowest BCUT2D eigenvalue weighted by Crippen LogP contribution is -2.38. The summed E-state index contributed by atoms with van der Waals surface area (Å²) in [6.07, 6.45) is 9.81. The van der Waals surface area contributed by atoms with Crippen LogP contribution < -0.4 is 5.32 Å². The van der Waals surface area contributed by atoms with Crippen molar-refractivity contribution in [1.29, 1.82) is 0 Å². The van der Waals surface area contributed by atoms with Crippen LogP contribution in [-0.4, -0.2) is 52.1 Å². The summed E-state index contributed by atoms with van der Waals surface area (Å²) in [5.74, 6) is 0.630. The third-order valence-electron chi connectivity index (χ3n) is 4.11. The normalized spacial score (nSPS) is 17.7. The zero-order valence-electron chi connectivity index (χ0n) is 14.2. The van der Waals surface area contributed by atoms with E-state index in [1.54, 1.807) is 52.6 Å². The standard InChI is InChI=1S/C17H16N6O3S/c24-17(14-4-5-15-21-27(25,26)10-9-22(15)12-14)19-11-13-3-1-6-18-16(13)23-8-2-7-20-23/h1-8,12H,9-11H2,(H,19,24). The van der Waals surface area contributed by atoms with Crippen molar-refractivity contribution in [3.63, 3.8) is 0 Å². The molecule has 1 amide bonds. The summed E-state index contributed by atoms with van der Waals surface area (Å²) < 4.78 is 28.4. The number of carbonyl (C=O) groups is 1. The van der Waals surface area contributed by atoms with Gasteiger partial charge in [-0.1, -0.05) is 6.07 Å². The number of sulfonamides is 1. The number of nitrogens with zero attached hydrogens (tertiary/aromatic N) is 5. The zero-order chi connectivity index (χ0) is 18.9. The van der Waals surface area contributed by atoms with Gasteiger partial charge in [-0.05, 0) is 24.3 Å². The fourth-order valence-corrected chi connectivity index (χ4v) is 3.75. The number of pyridine rings is 1. The Morgan fingerprint density at radius 3 is 2.93 bits per heavy atom. The van der Waals surface area contributed by atoms with Crippen molar-refractivity contribution in [3.8, 4) is 5.82 Å². The van der Waals surface area contributed by atoms with E-state index in [9.17, 15) is 13.2 Å². The smallest absolute Gasteiger partial charge is 0.256 e. The summed E-state index contributed by atoms with van der Waals surface area (Å²) in [5, 5.41) is 7.03. The van der Waals surface area contributed by atoms with E-state index in [2.05, 4.69) is 19.8 Å². The molecule has 2 aliphatic rings. The Morgan fingerprint density at radius 2 is 2.11 bits per heavy atom. The van der Waals surface area contributed by atoms with Crippen LogP contribution in [0, 0.1) is 0 Å². The van der Waals surface area contributed by atoms with E-state index in [0.29, 0.717) is 17.2 Å². The highest BCUT2D eigenvalue weighted by Crippen LogP contribution is 2.16. The minimum atomic E-state index is -3.41. The van der Waals surface area contributed by atoms with Crippen LogP contribution in [0.2, 0.25) is 0 Å². The zero-order valence-corrected chi connectivity index (χ0v) is 15.0. The molecule has 0 aliphatic carbocycles. The molecule has 0 bridgehead atoms. The molecule has 9 nitrogen and oxygen atoms in total. The molecular formula is C17H16N6O3S. The number of aromatic nitrogens is 3. The number of fused-ring (bicyclic) bond motifs is 1. The Balaban J connectivity index is 1.48. The molecule has 138 valence electrons. The fourth-order valence-electron chi connectivity index (χ4n) is 2.78. The summed E-state index contributed by atoms with van der Waals surface area (Å²) in [6, 6.07) is 5.47. The summed E-state index contributed by atoms with van der Waals surface area (Å²) in [7, 11) is -3.41. The molecular weight excluding hydrogens is 368 g/mol. The van der Waals surface area contributed by atoms with Crippen molar-refractivity contribution in [2.24, 2.45) is 4.40 Å². The third kappa shape index (κ3) is 3.65. The molecule has 2 aromatic heterocycles. The fraction of sp³-hybridized carbons (Fsp3) is 0.176. The molecule has 0 saturated carbocycles. The lowest BCUT2D eigenvalue weighted by molar-refractivity contribution is -0.117. The predicted octanol–water partition coefficient (Wildman–Crippen LogP) is 0.381. The second-order valence-electron chi connectivity index (χ2n) is 5.97. The van der Waals surface area contributed by atoms with Gasteiger partial charge in [-0.2, -0.15) is 5.10 Å². The van der Waals surface area contributed by atoms with Crippen molar-refractivity contribution in [2.45, 2.75) is 6.54 Å². The summed E-state index contributed by atoms with van der Waals surface area (Å²) >= 11 is 0. The minimum Gasteiger partial charge on any atom is -0.348 e. The first kappa shape index (κ1) is 17.2. The van der Waals surface area contributed by atoms with Crippen LogP contribution >= 0.6 is 0 Å². The second-order valence-corrected chi connectivity index (χ2v) is 7.72. The maximum absolute atomic E-state index is 12.5. The second kappa shape index (κ2) is 6.80. The number of amides is 1. The van der Waals surface area contributed by atoms with E-state index in [0.717, 1.165) is 5.56 Å². The highest BCUT2D eigenvalue weighted by atomic mass is 32.2. The molecule has 10 heteroatoms. The maximum atomic E-state index is 12.5. The van der Waals surface area contributed by atoms with Crippen LogP contribution in [0.4, 0.5) is 0 Å². The first-order valence-electron chi connectivity index (χ1n) is 8.23. The Bertz CT molecular complexity index is 1070. The Morgan fingerprint density at radius 1 is 1.22 bits per heavy atom. The topological polar surface area (TPSA) is 110 Å². The van der Waals surface area contributed by atoms with Gasteiger partial charge >= 0.3 is 0 Å². The number of amidine groups is 1. The van der Waals surface area contributed by atoms with Gasteiger partial charge in [0.05, 0.1) is 11.3 Å². The molecule has 1 N–H and O–H groups in total. The summed E-state index contributed by atoms with van der Waals surface area (Å²) in [5.41, 5.74) is 1.25. The molecule has 0 atom stereocenters. The summed E-state index contributed by atoms with van der Waals surface area (Å²) in [6.45, 7) is 0.552. The molecule has 0 spiro atoms. The van der Waals surface area contributed by atoms with Crippen molar-refractivity contribution < 1.29 is 13.2 Å². The van der Waals surface area contributed by atoms with Gasteiger partial charge < -0.3 is 10.2 Å². The van der Waals surface area contributed by atoms with Crippen LogP contribution in [-0.2, 0) is 21.4 Å².